The molecule has 2 aromatic heterocycles. The number of sulfone groups is 1. The minimum atomic E-state index is -3.16. The first-order chi connectivity index (χ1) is 14.0. The molecule has 0 aliphatic rings. The van der Waals surface area contributed by atoms with Crippen LogP contribution in [0.1, 0.15) is 11.1 Å². The minimum absolute atomic E-state index is 0.332. The third kappa shape index (κ3) is 5.89. The molecule has 8 nitrogen and oxygen atoms in total. The average molecular weight is 413 g/mol. The van der Waals surface area contributed by atoms with Crippen molar-refractivity contribution in [2.45, 2.75) is 17.9 Å². The molecule has 1 aromatic carbocycles. The van der Waals surface area contributed by atoms with Crippen molar-refractivity contribution in [2.75, 3.05) is 19.8 Å². The zero-order chi connectivity index (χ0) is 20.7. The number of guanidine groups is 1. The van der Waals surface area contributed by atoms with Gasteiger partial charge in [-0.05, 0) is 41.8 Å². The Kier molecular flexibility index (Phi) is 6.61. The molecule has 2 heterocycles. The first-order valence-electron chi connectivity index (χ1n) is 9.12. The van der Waals surface area contributed by atoms with Crippen molar-refractivity contribution in [1.29, 1.82) is 0 Å². The van der Waals surface area contributed by atoms with Gasteiger partial charge in [-0.3, -0.25) is 9.56 Å². The van der Waals surface area contributed by atoms with Gasteiger partial charge in [-0.2, -0.15) is 0 Å². The molecule has 3 aromatic rings. The second kappa shape index (κ2) is 9.33. The highest BCUT2D eigenvalue weighted by Crippen LogP contribution is 2.10. The molecule has 152 valence electrons. The van der Waals surface area contributed by atoms with Gasteiger partial charge >= 0.3 is 0 Å². The summed E-state index contributed by atoms with van der Waals surface area (Å²) in [5.74, 6) is 1.50. The molecular formula is C20H24N6O2S. The molecule has 0 bridgehead atoms. The lowest BCUT2D eigenvalue weighted by molar-refractivity contribution is 0.602. The van der Waals surface area contributed by atoms with Crippen LogP contribution in [0, 0.1) is 0 Å². The van der Waals surface area contributed by atoms with Crippen LogP contribution in [0.2, 0.25) is 0 Å². The molecule has 0 unspecified atom stereocenters. The monoisotopic (exact) mass is 412 g/mol. The zero-order valence-corrected chi connectivity index (χ0v) is 17.2. The highest BCUT2D eigenvalue weighted by atomic mass is 32.2. The number of nitrogens with one attached hydrogen (secondary N) is 2. The second-order valence-electron chi connectivity index (χ2n) is 6.51. The van der Waals surface area contributed by atoms with Crippen LogP contribution in [0.5, 0.6) is 0 Å². The number of imidazole rings is 1. The van der Waals surface area contributed by atoms with Crippen molar-refractivity contribution in [3.63, 3.8) is 0 Å². The molecule has 0 atom stereocenters. The molecule has 0 amide bonds. The van der Waals surface area contributed by atoms with Gasteiger partial charge in [-0.25, -0.2) is 18.4 Å². The van der Waals surface area contributed by atoms with Crippen LogP contribution in [0.3, 0.4) is 0 Å². The number of hydrogen-bond donors (Lipinski definition) is 2. The summed E-state index contributed by atoms with van der Waals surface area (Å²) >= 11 is 0. The summed E-state index contributed by atoms with van der Waals surface area (Å²) in [6.45, 7) is 1.28. The third-order valence-electron chi connectivity index (χ3n) is 4.32. The van der Waals surface area contributed by atoms with E-state index in [4.69, 9.17) is 0 Å². The molecule has 0 aliphatic heterocycles. The van der Waals surface area contributed by atoms with Crippen LogP contribution >= 0.6 is 0 Å². The van der Waals surface area contributed by atoms with E-state index < -0.39 is 9.84 Å². The molecule has 0 fully saturated rings. The van der Waals surface area contributed by atoms with E-state index in [-0.39, 0.29) is 0 Å². The number of pyridine rings is 1. The number of benzene rings is 1. The predicted molar refractivity (Wildman–Crippen MR) is 113 cm³/mol. The van der Waals surface area contributed by atoms with Crippen molar-refractivity contribution in [1.82, 2.24) is 25.2 Å². The first kappa shape index (κ1) is 20.5. The van der Waals surface area contributed by atoms with Gasteiger partial charge in [0.2, 0.25) is 0 Å². The Morgan fingerprint density at radius 3 is 2.55 bits per heavy atom. The summed E-state index contributed by atoms with van der Waals surface area (Å²) in [7, 11) is -1.44. The Hall–Kier alpha value is -3.20. The fourth-order valence-electron chi connectivity index (χ4n) is 2.74. The van der Waals surface area contributed by atoms with Crippen LogP contribution in [-0.4, -0.2) is 48.8 Å². The summed E-state index contributed by atoms with van der Waals surface area (Å²) < 4.78 is 24.9. The summed E-state index contributed by atoms with van der Waals surface area (Å²) in [6.07, 6.45) is 9.01. The predicted octanol–water partition coefficient (Wildman–Crippen LogP) is 1.58. The molecular weight excluding hydrogens is 388 g/mol. The maximum absolute atomic E-state index is 11.5. The smallest absolute Gasteiger partial charge is 0.191 e. The van der Waals surface area contributed by atoms with Crippen LogP contribution in [0.15, 0.2) is 71.2 Å². The standard InChI is InChI=1S/C20H24N6O2S/c1-21-20(24-10-7-16-3-5-18(6-4-16)29(2,27)28)25-14-17-8-9-23-19(13-17)26-12-11-22-15-26/h3-6,8-9,11-13,15H,7,10,14H2,1-2H3,(H2,21,24,25). The molecule has 0 aliphatic carbocycles. The summed E-state index contributed by atoms with van der Waals surface area (Å²) in [5, 5.41) is 6.55. The molecule has 0 saturated heterocycles. The lowest BCUT2D eigenvalue weighted by Gasteiger charge is -2.12. The normalized spacial score (nSPS) is 12.0. The largest absolute Gasteiger partial charge is 0.356 e. The van der Waals surface area contributed by atoms with Crippen molar-refractivity contribution in [3.05, 3.63) is 72.4 Å². The first-order valence-corrected chi connectivity index (χ1v) is 11.0. The van der Waals surface area contributed by atoms with Crippen LogP contribution in [-0.2, 0) is 22.8 Å². The van der Waals surface area contributed by atoms with E-state index in [0.717, 1.165) is 23.4 Å². The summed E-state index contributed by atoms with van der Waals surface area (Å²) in [5.41, 5.74) is 2.13. The number of aliphatic imine (C=N–C) groups is 1. The highest BCUT2D eigenvalue weighted by molar-refractivity contribution is 7.90. The maximum atomic E-state index is 11.5. The Morgan fingerprint density at radius 2 is 1.90 bits per heavy atom. The van der Waals surface area contributed by atoms with E-state index in [1.54, 1.807) is 37.9 Å². The van der Waals surface area contributed by atoms with E-state index >= 15 is 0 Å². The van der Waals surface area contributed by atoms with E-state index in [9.17, 15) is 8.42 Å². The number of aromatic nitrogens is 3. The van der Waals surface area contributed by atoms with Crippen molar-refractivity contribution in [2.24, 2.45) is 4.99 Å². The van der Waals surface area contributed by atoms with Crippen LogP contribution in [0.25, 0.3) is 5.82 Å². The van der Waals surface area contributed by atoms with Gasteiger partial charge in [0, 0.05) is 45.0 Å². The lowest BCUT2D eigenvalue weighted by Crippen LogP contribution is -2.37. The van der Waals surface area contributed by atoms with Gasteiger partial charge in [0.1, 0.15) is 12.1 Å². The van der Waals surface area contributed by atoms with E-state index in [1.165, 1.54) is 6.26 Å². The Balaban J connectivity index is 1.49. The van der Waals surface area contributed by atoms with Gasteiger partial charge in [0.25, 0.3) is 0 Å². The van der Waals surface area contributed by atoms with Crippen LogP contribution in [0.4, 0.5) is 0 Å². The lowest BCUT2D eigenvalue weighted by atomic mass is 10.1. The van der Waals surface area contributed by atoms with E-state index in [2.05, 4.69) is 25.6 Å². The number of rotatable bonds is 7. The van der Waals surface area contributed by atoms with Crippen molar-refractivity contribution < 1.29 is 8.42 Å². The van der Waals surface area contributed by atoms with Gasteiger partial charge in [-0.15, -0.1) is 0 Å². The van der Waals surface area contributed by atoms with Gasteiger partial charge in [0.15, 0.2) is 15.8 Å². The second-order valence-corrected chi connectivity index (χ2v) is 8.53. The number of nitrogens with zero attached hydrogens (tertiary/aromatic N) is 4. The van der Waals surface area contributed by atoms with Crippen LogP contribution < -0.4 is 10.6 Å². The fourth-order valence-corrected chi connectivity index (χ4v) is 3.37. The summed E-state index contributed by atoms with van der Waals surface area (Å²) in [4.78, 5) is 13.0. The maximum Gasteiger partial charge on any atom is 0.191 e. The van der Waals surface area contributed by atoms with E-state index in [0.29, 0.717) is 23.9 Å². The van der Waals surface area contributed by atoms with Gasteiger partial charge in [-0.1, -0.05) is 12.1 Å². The Labute approximate surface area is 170 Å². The van der Waals surface area contributed by atoms with Crippen molar-refractivity contribution >= 4 is 15.8 Å². The highest BCUT2D eigenvalue weighted by Gasteiger charge is 2.06. The molecule has 3 rings (SSSR count). The molecule has 0 saturated carbocycles. The topological polar surface area (TPSA) is 101 Å². The van der Waals surface area contributed by atoms with Gasteiger partial charge < -0.3 is 10.6 Å². The number of hydrogen-bond acceptors (Lipinski definition) is 5. The molecule has 0 radical (unpaired) electrons. The molecule has 2 N–H and O–H groups in total. The Morgan fingerprint density at radius 1 is 1.10 bits per heavy atom. The Bertz CT molecular complexity index is 1060. The average Bonchev–Trinajstić information content (AvgIpc) is 3.25. The zero-order valence-electron chi connectivity index (χ0n) is 16.4. The SMILES string of the molecule is CN=C(NCCc1ccc(S(C)(=O)=O)cc1)NCc1ccnc(-n2ccnc2)c1. The van der Waals surface area contributed by atoms with Gasteiger partial charge in [0.05, 0.1) is 4.90 Å². The van der Waals surface area contributed by atoms with Crippen molar-refractivity contribution in [3.8, 4) is 5.82 Å². The van der Waals surface area contributed by atoms with E-state index in [1.807, 2.05) is 35.0 Å². The molecule has 29 heavy (non-hydrogen) atoms. The summed E-state index contributed by atoms with van der Waals surface area (Å²) in [6, 6.07) is 10.9. The minimum Gasteiger partial charge on any atom is -0.356 e. The third-order valence-corrected chi connectivity index (χ3v) is 5.45. The molecule has 0 spiro atoms. The quantitative estimate of drug-likeness (QED) is 0.451. The molecule has 9 heteroatoms. The fraction of sp³-hybridized carbons (Fsp3) is 0.250.